The summed E-state index contributed by atoms with van der Waals surface area (Å²) in [7, 11) is 0. The summed E-state index contributed by atoms with van der Waals surface area (Å²) >= 11 is 0. The van der Waals surface area contributed by atoms with Crippen molar-refractivity contribution in [3.05, 3.63) is 186 Å². The van der Waals surface area contributed by atoms with E-state index >= 15 is 0 Å². The smallest absolute Gasteiger partial charge is 0.342 e. The lowest BCUT2D eigenvalue weighted by molar-refractivity contribution is 0.0513. The summed E-state index contributed by atoms with van der Waals surface area (Å²) in [6.07, 6.45) is 0. The molecule has 0 amide bonds. The van der Waals surface area contributed by atoms with Gasteiger partial charge in [0.2, 0.25) is 0 Å². The van der Waals surface area contributed by atoms with E-state index in [2.05, 4.69) is 0 Å². The number of rotatable bonds is 17. The zero-order valence-corrected chi connectivity index (χ0v) is 34.5. The fourth-order valence-corrected chi connectivity index (χ4v) is 6.43. The molecule has 0 spiro atoms. The van der Waals surface area contributed by atoms with Crippen LogP contribution in [0, 0.1) is 0 Å². The molecule has 0 heterocycles. The minimum Gasteiger partial charge on any atom is -0.489 e. The van der Waals surface area contributed by atoms with Gasteiger partial charge < -0.3 is 33.2 Å². The highest BCUT2D eigenvalue weighted by molar-refractivity contribution is 5.95. The van der Waals surface area contributed by atoms with E-state index in [1.807, 2.05) is 97.1 Å². The molecule has 0 saturated heterocycles. The van der Waals surface area contributed by atoms with Gasteiger partial charge in [0, 0.05) is 0 Å². The minimum atomic E-state index is -0.534. The van der Waals surface area contributed by atoms with Gasteiger partial charge in [0.15, 0.2) is 0 Å². The van der Waals surface area contributed by atoms with Crippen LogP contribution in [0.3, 0.4) is 0 Å². The van der Waals surface area contributed by atoms with Crippen molar-refractivity contribution in [1.29, 1.82) is 0 Å². The van der Waals surface area contributed by atoms with Crippen molar-refractivity contribution in [3.63, 3.8) is 0 Å². The number of benzene rings is 7. The number of carbonyl (C=O) groups excluding carboxylic acids is 3. The summed E-state index contributed by atoms with van der Waals surface area (Å²) < 4.78 is 40.5. The van der Waals surface area contributed by atoms with Crippen LogP contribution in [0.15, 0.2) is 164 Å². The highest BCUT2D eigenvalue weighted by Gasteiger charge is 2.20. The van der Waals surface area contributed by atoms with Gasteiger partial charge in [0.1, 0.15) is 63.5 Å². The summed E-state index contributed by atoms with van der Waals surface area (Å²) in [4.78, 5) is 39.2. The number of hydrogen-bond donors (Lipinski definition) is 0. The molecule has 0 aliphatic heterocycles. The summed E-state index contributed by atoms with van der Waals surface area (Å²) in [5.41, 5.74) is 4.92. The first kappa shape index (κ1) is 42.3. The van der Waals surface area contributed by atoms with Gasteiger partial charge in [0.05, 0.1) is 19.8 Å². The summed E-state index contributed by atoms with van der Waals surface area (Å²) in [6, 6.07) is 49.2. The molecule has 0 unspecified atom stereocenters. The Morgan fingerprint density at radius 3 is 1.16 bits per heavy atom. The quantitative estimate of drug-likeness (QED) is 0.0649. The van der Waals surface area contributed by atoms with E-state index in [0.29, 0.717) is 52.4 Å². The number of esters is 3. The first-order chi connectivity index (χ1) is 30.3. The molecule has 0 aliphatic rings. The molecule has 10 nitrogen and oxygen atoms in total. The van der Waals surface area contributed by atoms with Gasteiger partial charge in [-0.15, -0.1) is 0 Å². The standard InChI is InChI=1S/C52H44O10/c1-4-56-50(53)44-31-38(21-28-47(44)60-40-15-11-8-12-16-40)36-17-23-41(24-18-36)61-48-29-22-39(32-45(48)51(54)57-5-2)37-19-25-42(26-20-37)62-49-30-27-43(33-46(49)52(55)58-6-3)59-34-35-13-9-7-10-14-35/h7-33H,4-6,34H2,1-3H3. The molecular formula is C52H44O10. The van der Waals surface area contributed by atoms with E-state index in [9.17, 15) is 14.4 Å². The zero-order valence-electron chi connectivity index (χ0n) is 34.5. The lowest BCUT2D eigenvalue weighted by atomic mass is 10.0. The minimum absolute atomic E-state index is 0.181. The maximum absolute atomic E-state index is 13.3. The van der Waals surface area contributed by atoms with Crippen LogP contribution in [0.25, 0.3) is 22.3 Å². The van der Waals surface area contributed by atoms with Crippen molar-refractivity contribution < 1.29 is 47.5 Å². The Balaban J connectivity index is 1.07. The predicted molar refractivity (Wildman–Crippen MR) is 236 cm³/mol. The van der Waals surface area contributed by atoms with Crippen molar-refractivity contribution >= 4 is 17.9 Å². The number of hydrogen-bond acceptors (Lipinski definition) is 10. The third-order valence-corrected chi connectivity index (χ3v) is 9.45. The Labute approximate surface area is 360 Å². The molecule has 0 aromatic heterocycles. The topological polar surface area (TPSA) is 116 Å². The maximum atomic E-state index is 13.3. The molecule has 7 rings (SSSR count). The van der Waals surface area contributed by atoms with Crippen LogP contribution in [0.5, 0.6) is 40.2 Å². The first-order valence-electron chi connectivity index (χ1n) is 20.2. The zero-order chi connectivity index (χ0) is 43.3. The molecule has 7 aromatic rings. The van der Waals surface area contributed by atoms with Gasteiger partial charge in [-0.05, 0) is 127 Å². The van der Waals surface area contributed by atoms with E-state index in [4.69, 9.17) is 33.2 Å². The number of para-hydroxylation sites is 1. The van der Waals surface area contributed by atoms with Gasteiger partial charge in [-0.1, -0.05) is 84.9 Å². The normalized spacial score (nSPS) is 10.6. The van der Waals surface area contributed by atoms with Gasteiger partial charge in [0.25, 0.3) is 0 Å². The van der Waals surface area contributed by atoms with Crippen LogP contribution in [-0.4, -0.2) is 37.7 Å². The monoisotopic (exact) mass is 828 g/mol. The van der Waals surface area contributed by atoms with Gasteiger partial charge >= 0.3 is 17.9 Å². The van der Waals surface area contributed by atoms with Crippen molar-refractivity contribution in [2.75, 3.05) is 19.8 Å². The van der Waals surface area contributed by atoms with Crippen molar-refractivity contribution in [2.45, 2.75) is 27.4 Å². The van der Waals surface area contributed by atoms with E-state index in [-0.39, 0.29) is 30.9 Å². The molecule has 0 atom stereocenters. The maximum Gasteiger partial charge on any atom is 0.342 e. The Morgan fingerprint density at radius 1 is 0.371 bits per heavy atom. The van der Waals surface area contributed by atoms with Gasteiger partial charge in [-0.2, -0.15) is 0 Å². The molecule has 7 aromatic carbocycles. The second kappa shape index (κ2) is 20.4. The second-order valence-corrected chi connectivity index (χ2v) is 13.7. The number of ether oxygens (including phenoxy) is 7. The Hall–Kier alpha value is -7.85. The average Bonchev–Trinajstić information content (AvgIpc) is 3.30. The lowest BCUT2D eigenvalue weighted by Crippen LogP contribution is -2.07. The summed E-state index contributed by atoms with van der Waals surface area (Å²) in [5.74, 6) is 1.54. The Bertz CT molecular complexity index is 2620. The molecular weight excluding hydrogens is 785 g/mol. The highest BCUT2D eigenvalue weighted by atomic mass is 16.5. The van der Waals surface area contributed by atoms with Crippen LogP contribution in [0.2, 0.25) is 0 Å². The van der Waals surface area contributed by atoms with Crippen LogP contribution in [0.1, 0.15) is 57.4 Å². The second-order valence-electron chi connectivity index (χ2n) is 13.7. The van der Waals surface area contributed by atoms with Crippen LogP contribution < -0.4 is 18.9 Å². The summed E-state index contributed by atoms with van der Waals surface area (Å²) in [6.45, 7) is 6.18. The highest BCUT2D eigenvalue weighted by Crippen LogP contribution is 2.36. The van der Waals surface area contributed by atoms with E-state index in [0.717, 1.165) is 27.8 Å². The largest absolute Gasteiger partial charge is 0.489 e. The fraction of sp³-hybridized carbons (Fsp3) is 0.135. The molecule has 62 heavy (non-hydrogen) atoms. The average molecular weight is 829 g/mol. The van der Waals surface area contributed by atoms with Crippen molar-refractivity contribution in [1.82, 2.24) is 0 Å². The third-order valence-electron chi connectivity index (χ3n) is 9.45. The fourth-order valence-electron chi connectivity index (χ4n) is 6.43. The molecule has 10 heteroatoms. The molecule has 0 fully saturated rings. The van der Waals surface area contributed by atoms with Gasteiger partial charge in [-0.3, -0.25) is 0 Å². The SMILES string of the molecule is CCOC(=O)c1cc(OCc2ccccc2)ccc1Oc1ccc(-c2ccc(Oc3ccc(-c4ccc(Oc5ccccc5)c(C(=O)OCC)c4)cc3)c(C(=O)OCC)c2)cc1. The van der Waals surface area contributed by atoms with E-state index in [1.165, 1.54) is 0 Å². The number of carbonyl (C=O) groups is 3. The molecule has 0 bridgehead atoms. The predicted octanol–water partition coefficient (Wildman–Crippen LogP) is 12.5. The van der Waals surface area contributed by atoms with Crippen molar-refractivity contribution in [3.8, 4) is 62.5 Å². The third kappa shape index (κ3) is 10.7. The Morgan fingerprint density at radius 2 is 0.726 bits per heavy atom. The molecule has 0 N–H and O–H groups in total. The molecule has 0 aliphatic carbocycles. The molecule has 0 saturated carbocycles. The van der Waals surface area contributed by atoms with E-state index < -0.39 is 17.9 Å². The van der Waals surface area contributed by atoms with Crippen LogP contribution >= 0.6 is 0 Å². The van der Waals surface area contributed by atoms with E-state index in [1.54, 1.807) is 87.5 Å². The van der Waals surface area contributed by atoms with Crippen LogP contribution in [-0.2, 0) is 20.8 Å². The van der Waals surface area contributed by atoms with Crippen molar-refractivity contribution in [2.24, 2.45) is 0 Å². The molecule has 312 valence electrons. The molecule has 0 radical (unpaired) electrons. The first-order valence-corrected chi connectivity index (χ1v) is 20.2. The Kier molecular flexibility index (Phi) is 13.9. The lowest BCUT2D eigenvalue weighted by Gasteiger charge is -2.15. The summed E-state index contributed by atoms with van der Waals surface area (Å²) in [5, 5.41) is 0. The van der Waals surface area contributed by atoms with Gasteiger partial charge in [-0.25, -0.2) is 14.4 Å². The van der Waals surface area contributed by atoms with Crippen LogP contribution in [0.4, 0.5) is 0 Å².